The number of rotatable bonds is 3. The summed E-state index contributed by atoms with van der Waals surface area (Å²) < 4.78 is 2.64. The second kappa shape index (κ2) is 3.98. The van der Waals surface area contributed by atoms with Gasteiger partial charge in [0.1, 0.15) is 0 Å². The fraction of sp³-hybridized carbons (Fsp3) is 0.444. The number of hydrogen-bond donors (Lipinski definition) is 2. The van der Waals surface area contributed by atoms with Crippen molar-refractivity contribution in [1.29, 1.82) is 0 Å². The highest BCUT2D eigenvalue weighted by Gasteiger charge is 2.10. The molecule has 0 aliphatic rings. The number of nitrogens with one attached hydrogen (secondary N) is 2. The fourth-order valence-electron chi connectivity index (χ4n) is 1.45. The minimum absolute atomic E-state index is 0.528. The Balaban J connectivity index is 2.45. The third-order valence-corrected chi connectivity index (χ3v) is 2.37. The van der Waals surface area contributed by atoms with Crippen molar-refractivity contribution in [2.75, 3.05) is 0 Å². The van der Waals surface area contributed by atoms with E-state index in [0.717, 1.165) is 17.9 Å². The normalized spacial score (nSPS) is 11.1. The second-order valence-electron chi connectivity index (χ2n) is 3.84. The Hall–Kier alpha value is -1.43. The Kier molecular flexibility index (Phi) is 2.68. The Labute approximate surface area is 92.5 Å². The molecule has 2 rings (SSSR count). The first-order valence-corrected chi connectivity index (χ1v) is 5.23. The summed E-state index contributed by atoms with van der Waals surface area (Å²) in [4.78, 5) is 0. The van der Waals surface area contributed by atoms with Crippen LogP contribution in [0.3, 0.4) is 0 Å². The van der Waals surface area contributed by atoms with Gasteiger partial charge < -0.3 is 0 Å². The largest absolute Gasteiger partial charge is 0.300 e. The van der Waals surface area contributed by atoms with Crippen molar-refractivity contribution in [2.24, 2.45) is 5.92 Å². The molecule has 0 spiro atoms. The van der Waals surface area contributed by atoms with Gasteiger partial charge in [-0.3, -0.25) is 14.8 Å². The molecular formula is C9H13N5S. The molecule has 80 valence electrons. The minimum Gasteiger partial charge on any atom is -0.300 e. The van der Waals surface area contributed by atoms with Gasteiger partial charge in [0.2, 0.25) is 0 Å². The van der Waals surface area contributed by atoms with E-state index in [1.807, 2.05) is 10.8 Å². The summed E-state index contributed by atoms with van der Waals surface area (Å²) >= 11 is 5.18. The molecule has 15 heavy (non-hydrogen) atoms. The van der Waals surface area contributed by atoms with E-state index in [9.17, 15) is 0 Å². The van der Waals surface area contributed by atoms with Gasteiger partial charge in [-0.1, -0.05) is 13.8 Å². The molecule has 2 heterocycles. The van der Waals surface area contributed by atoms with Crippen LogP contribution in [-0.4, -0.2) is 25.0 Å². The molecule has 0 aromatic carbocycles. The van der Waals surface area contributed by atoms with Crippen LogP contribution >= 0.6 is 12.2 Å². The van der Waals surface area contributed by atoms with Crippen molar-refractivity contribution < 1.29 is 0 Å². The van der Waals surface area contributed by atoms with Crippen molar-refractivity contribution in [3.63, 3.8) is 0 Å². The molecular weight excluding hydrogens is 210 g/mol. The van der Waals surface area contributed by atoms with E-state index in [1.54, 1.807) is 6.20 Å². The summed E-state index contributed by atoms with van der Waals surface area (Å²) in [5.41, 5.74) is 0.947. The van der Waals surface area contributed by atoms with E-state index in [1.165, 1.54) is 0 Å². The van der Waals surface area contributed by atoms with E-state index >= 15 is 0 Å². The maximum atomic E-state index is 5.18. The van der Waals surface area contributed by atoms with E-state index in [4.69, 9.17) is 12.2 Å². The first-order valence-electron chi connectivity index (χ1n) is 4.83. The zero-order valence-corrected chi connectivity index (χ0v) is 9.51. The van der Waals surface area contributed by atoms with Crippen LogP contribution in [0.25, 0.3) is 11.4 Å². The molecule has 2 aromatic rings. The van der Waals surface area contributed by atoms with Crippen molar-refractivity contribution in [3.8, 4) is 11.4 Å². The number of nitrogens with zero attached hydrogens (tertiary/aromatic N) is 3. The molecule has 0 saturated heterocycles. The summed E-state index contributed by atoms with van der Waals surface area (Å²) in [6.45, 7) is 5.15. The molecule has 2 N–H and O–H groups in total. The molecule has 6 heteroatoms. The molecule has 0 amide bonds. The van der Waals surface area contributed by atoms with Crippen LogP contribution in [0.15, 0.2) is 12.4 Å². The lowest BCUT2D eigenvalue weighted by Crippen LogP contribution is -2.06. The third-order valence-electron chi connectivity index (χ3n) is 2.06. The van der Waals surface area contributed by atoms with Crippen LogP contribution in [0.5, 0.6) is 0 Å². The van der Waals surface area contributed by atoms with Crippen molar-refractivity contribution >= 4 is 12.2 Å². The number of H-pyrrole nitrogens is 2. The lowest BCUT2D eigenvalue weighted by molar-refractivity contribution is 0.521. The molecule has 0 fully saturated rings. The minimum atomic E-state index is 0.528. The van der Waals surface area contributed by atoms with Crippen molar-refractivity contribution in [3.05, 3.63) is 17.2 Å². The molecule has 0 unspecified atom stereocenters. The molecule has 0 atom stereocenters. The molecule has 2 aromatic heterocycles. The highest BCUT2D eigenvalue weighted by Crippen LogP contribution is 2.16. The van der Waals surface area contributed by atoms with Crippen molar-refractivity contribution in [1.82, 2.24) is 25.0 Å². The molecule has 0 saturated carbocycles. The Morgan fingerprint density at radius 1 is 1.53 bits per heavy atom. The van der Waals surface area contributed by atoms with Gasteiger partial charge in [-0.05, 0) is 18.1 Å². The summed E-state index contributed by atoms with van der Waals surface area (Å²) in [7, 11) is 0. The topological polar surface area (TPSA) is 62.3 Å². The van der Waals surface area contributed by atoms with Crippen LogP contribution in [0.1, 0.15) is 13.8 Å². The number of hydrogen-bond acceptors (Lipinski definition) is 3. The summed E-state index contributed by atoms with van der Waals surface area (Å²) in [6, 6.07) is 0. The van der Waals surface area contributed by atoms with Crippen LogP contribution in [0, 0.1) is 10.7 Å². The van der Waals surface area contributed by atoms with Crippen LogP contribution < -0.4 is 0 Å². The quantitative estimate of drug-likeness (QED) is 0.782. The maximum Gasteiger partial charge on any atom is 0.195 e. The van der Waals surface area contributed by atoms with E-state index < -0.39 is 0 Å². The molecule has 0 bridgehead atoms. The highest BCUT2D eigenvalue weighted by molar-refractivity contribution is 7.71. The van der Waals surface area contributed by atoms with Crippen LogP contribution in [0.4, 0.5) is 0 Å². The number of aromatic amines is 2. The molecule has 0 radical (unpaired) electrons. The lowest BCUT2D eigenvalue weighted by Gasteiger charge is -2.07. The van der Waals surface area contributed by atoms with Gasteiger partial charge in [-0.25, -0.2) is 0 Å². The Morgan fingerprint density at radius 3 is 2.93 bits per heavy atom. The Bertz CT molecular complexity index is 479. The predicted molar refractivity (Wildman–Crippen MR) is 59.8 cm³/mol. The summed E-state index contributed by atoms with van der Waals surface area (Å²) in [6.07, 6.45) is 3.55. The first kappa shape index (κ1) is 10.1. The monoisotopic (exact) mass is 223 g/mol. The Morgan fingerprint density at radius 2 is 2.33 bits per heavy atom. The first-order chi connectivity index (χ1) is 7.18. The molecule has 0 aliphatic carbocycles. The van der Waals surface area contributed by atoms with E-state index in [-0.39, 0.29) is 0 Å². The van der Waals surface area contributed by atoms with Gasteiger partial charge in [-0.2, -0.15) is 10.2 Å². The van der Waals surface area contributed by atoms with Crippen LogP contribution in [-0.2, 0) is 6.54 Å². The fourth-order valence-corrected chi connectivity index (χ4v) is 1.65. The predicted octanol–water partition coefficient (Wildman–Crippen LogP) is 1.99. The highest BCUT2D eigenvalue weighted by atomic mass is 32.1. The molecule has 5 nitrogen and oxygen atoms in total. The lowest BCUT2D eigenvalue weighted by atomic mass is 10.2. The maximum absolute atomic E-state index is 5.18. The van der Waals surface area contributed by atoms with Gasteiger partial charge in [0.25, 0.3) is 0 Å². The van der Waals surface area contributed by atoms with Gasteiger partial charge >= 0.3 is 0 Å². The smallest absolute Gasteiger partial charge is 0.195 e. The summed E-state index contributed by atoms with van der Waals surface area (Å²) in [5.74, 6) is 1.36. The van der Waals surface area contributed by atoms with Crippen molar-refractivity contribution in [2.45, 2.75) is 20.4 Å². The zero-order chi connectivity index (χ0) is 10.8. The average molecular weight is 223 g/mol. The van der Waals surface area contributed by atoms with Crippen LogP contribution in [0.2, 0.25) is 0 Å². The average Bonchev–Trinajstić information content (AvgIpc) is 2.76. The van der Waals surface area contributed by atoms with Gasteiger partial charge in [0.15, 0.2) is 10.6 Å². The third kappa shape index (κ3) is 1.99. The summed E-state index contributed by atoms with van der Waals surface area (Å²) in [5, 5.41) is 13.7. The second-order valence-corrected chi connectivity index (χ2v) is 4.23. The SMILES string of the molecule is CC(C)Cn1c(-c2cn[nH]c2)n[nH]c1=S. The van der Waals surface area contributed by atoms with Gasteiger partial charge in [-0.15, -0.1) is 0 Å². The van der Waals surface area contributed by atoms with E-state index in [0.29, 0.717) is 10.7 Å². The van der Waals surface area contributed by atoms with Gasteiger partial charge in [0.05, 0.1) is 11.8 Å². The van der Waals surface area contributed by atoms with Gasteiger partial charge in [0, 0.05) is 12.7 Å². The standard InChI is InChI=1S/C9H13N5S/c1-6(2)5-14-8(12-13-9(14)15)7-3-10-11-4-7/h3-4,6H,5H2,1-2H3,(H,10,11)(H,13,15). The number of aromatic nitrogens is 5. The van der Waals surface area contributed by atoms with E-state index in [2.05, 4.69) is 34.2 Å². The zero-order valence-electron chi connectivity index (χ0n) is 8.69. The molecule has 0 aliphatic heterocycles.